The van der Waals surface area contributed by atoms with E-state index in [2.05, 4.69) is 35.2 Å². The summed E-state index contributed by atoms with van der Waals surface area (Å²) in [5.74, 6) is 0.160. The molecular weight excluding hydrogens is 300 g/mol. The number of carbonyl (C=O) groups excluding carboxylic acids is 1. The predicted molar refractivity (Wildman–Crippen MR) is 98.4 cm³/mol. The van der Waals surface area contributed by atoms with Crippen LogP contribution in [0.4, 0.5) is 5.69 Å². The number of fused-ring (bicyclic) bond motifs is 1. The highest BCUT2D eigenvalue weighted by molar-refractivity contribution is 5.88. The summed E-state index contributed by atoms with van der Waals surface area (Å²) in [5.41, 5.74) is 1.06. The number of rotatable bonds is 3. The molecule has 0 saturated carbocycles. The Balaban J connectivity index is 1.77. The molecule has 1 saturated heterocycles. The molecule has 1 amide bonds. The van der Waals surface area contributed by atoms with Gasteiger partial charge in [-0.15, -0.1) is 0 Å². The summed E-state index contributed by atoms with van der Waals surface area (Å²) < 4.78 is 5.73. The van der Waals surface area contributed by atoms with Gasteiger partial charge in [0.2, 0.25) is 5.91 Å². The monoisotopic (exact) mass is 326 g/mol. The van der Waals surface area contributed by atoms with Crippen molar-refractivity contribution in [2.24, 2.45) is 0 Å². The number of anilines is 1. The fourth-order valence-corrected chi connectivity index (χ4v) is 3.41. The quantitative estimate of drug-likeness (QED) is 0.867. The van der Waals surface area contributed by atoms with Crippen LogP contribution in [-0.2, 0) is 9.53 Å². The summed E-state index contributed by atoms with van der Waals surface area (Å²) in [6.45, 7) is 7.35. The van der Waals surface area contributed by atoms with Gasteiger partial charge in [0.25, 0.3) is 0 Å². The van der Waals surface area contributed by atoms with Crippen molar-refractivity contribution in [3.63, 3.8) is 0 Å². The molecule has 24 heavy (non-hydrogen) atoms. The molecule has 1 fully saturated rings. The van der Waals surface area contributed by atoms with Crippen LogP contribution in [0.5, 0.6) is 0 Å². The van der Waals surface area contributed by atoms with E-state index in [0.29, 0.717) is 13.1 Å². The highest BCUT2D eigenvalue weighted by Crippen LogP contribution is 2.23. The van der Waals surface area contributed by atoms with Crippen LogP contribution < -0.4 is 4.90 Å². The minimum atomic E-state index is -0.205. The van der Waals surface area contributed by atoms with E-state index >= 15 is 0 Å². The van der Waals surface area contributed by atoms with Crippen molar-refractivity contribution >= 4 is 22.4 Å². The maximum absolute atomic E-state index is 12.9. The number of morpholine rings is 1. The number of benzene rings is 2. The Morgan fingerprint density at radius 1 is 1.12 bits per heavy atom. The van der Waals surface area contributed by atoms with Gasteiger partial charge in [-0.2, -0.15) is 0 Å². The highest BCUT2D eigenvalue weighted by atomic mass is 16.5. The number of hydrogen-bond acceptors (Lipinski definition) is 3. The highest BCUT2D eigenvalue weighted by Gasteiger charge is 2.30. The normalized spacial score (nSPS) is 22.4. The molecule has 0 N–H and O–H groups in total. The molecule has 3 atom stereocenters. The summed E-state index contributed by atoms with van der Waals surface area (Å²) in [6.07, 6.45) is 0.187. The Labute approximate surface area is 144 Å². The molecule has 1 heterocycles. The van der Waals surface area contributed by atoms with Crippen molar-refractivity contribution in [2.45, 2.75) is 39.0 Å². The summed E-state index contributed by atoms with van der Waals surface area (Å²) >= 11 is 0. The first-order valence-corrected chi connectivity index (χ1v) is 8.61. The lowest BCUT2D eigenvalue weighted by molar-refractivity contribution is -0.144. The van der Waals surface area contributed by atoms with Gasteiger partial charge in [0.15, 0.2) is 0 Å². The van der Waals surface area contributed by atoms with Crippen molar-refractivity contribution in [2.75, 3.05) is 25.0 Å². The van der Waals surface area contributed by atoms with Crippen molar-refractivity contribution in [3.8, 4) is 0 Å². The van der Waals surface area contributed by atoms with Crippen molar-refractivity contribution in [1.29, 1.82) is 0 Å². The molecule has 4 heteroatoms. The molecule has 4 nitrogen and oxygen atoms in total. The van der Waals surface area contributed by atoms with Crippen molar-refractivity contribution in [1.82, 2.24) is 4.90 Å². The number of likely N-dealkylation sites (N-methyl/N-ethyl adjacent to an activating group) is 1. The first-order chi connectivity index (χ1) is 11.5. The average molecular weight is 326 g/mol. The van der Waals surface area contributed by atoms with Crippen LogP contribution >= 0.6 is 0 Å². The average Bonchev–Trinajstić information content (AvgIpc) is 2.58. The van der Waals surface area contributed by atoms with Gasteiger partial charge < -0.3 is 14.5 Å². The van der Waals surface area contributed by atoms with Crippen LogP contribution in [-0.4, -0.2) is 49.2 Å². The van der Waals surface area contributed by atoms with Crippen molar-refractivity contribution < 1.29 is 9.53 Å². The van der Waals surface area contributed by atoms with Gasteiger partial charge in [-0.05, 0) is 43.7 Å². The van der Waals surface area contributed by atoms with Gasteiger partial charge >= 0.3 is 0 Å². The van der Waals surface area contributed by atoms with Gasteiger partial charge in [-0.25, -0.2) is 0 Å². The molecule has 3 unspecified atom stereocenters. The number of hydrogen-bond donors (Lipinski definition) is 0. The molecule has 2 aromatic rings. The Kier molecular flexibility index (Phi) is 4.76. The minimum Gasteiger partial charge on any atom is -0.372 e. The van der Waals surface area contributed by atoms with Crippen LogP contribution in [0.15, 0.2) is 42.5 Å². The van der Waals surface area contributed by atoms with E-state index in [1.54, 1.807) is 0 Å². The van der Waals surface area contributed by atoms with Crippen LogP contribution in [0, 0.1) is 0 Å². The first kappa shape index (κ1) is 16.8. The predicted octanol–water partition coefficient (Wildman–Crippen LogP) is 3.30. The zero-order valence-corrected chi connectivity index (χ0v) is 14.9. The molecule has 1 aliphatic rings. The Morgan fingerprint density at radius 3 is 2.42 bits per heavy atom. The van der Waals surface area contributed by atoms with E-state index in [0.717, 1.165) is 5.69 Å². The van der Waals surface area contributed by atoms with Gasteiger partial charge in [0, 0.05) is 25.8 Å². The number of ether oxygens (including phenoxy) is 1. The second-order valence-electron chi connectivity index (χ2n) is 6.82. The van der Waals surface area contributed by atoms with Gasteiger partial charge in [-0.1, -0.05) is 30.3 Å². The van der Waals surface area contributed by atoms with Gasteiger partial charge in [0.05, 0.1) is 12.2 Å². The Morgan fingerprint density at radius 2 is 1.75 bits per heavy atom. The van der Waals surface area contributed by atoms with Crippen molar-refractivity contribution in [3.05, 3.63) is 42.5 Å². The second kappa shape index (κ2) is 6.81. The molecule has 0 spiro atoms. The molecule has 2 aromatic carbocycles. The van der Waals surface area contributed by atoms with E-state index in [9.17, 15) is 4.79 Å². The molecule has 1 aliphatic heterocycles. The van der Waals surface area contributed by atoms with Crippen LogP contribution in [0.1, 0.15) is 20.8 Å². The number of carbonyl (C=O) groups is 1. The lowest BCUT2D eigenvalue weighted by atomic mass is 10.1. The smallest absolute Gasteiger partial charge is 0.245 e. The third kappa shape index (κ3) is 3.39. The number of amides is 1. The van der Waals surface area contributed by atoms with E-state index < -0.39 is 0 Å². The summed E-state index contributed by atoms with van der Waals surface area (Å²) in [6, 6.07) is 14.4. The minimum absolute atomic E-state index is 0.0934. The zero-order valence-electron chi connectivity index (χ0n) is 14.9. The molecule has 128 valence electrons. The van der Waals surface area contributed by atoms with E-state index in [1.807, 2.05) is 44.9 Å². The maximum Gasteiger partial charge on any atom is 0.245 e. The Bertz CT molecular complexity index is 720. The van der Waals surface area contributed by atoms with Gasteiger partial charge in [0.1, 0.15) is 6.04 Å². The van der Waals surface area contributed by atoms with Crippen LogP contribution in [0.2, 0.25) is 0 Å². The fraction of sp³-hybridized carbons (Fsp3) is 0.450. The molecule has 0 aromatic heterocycles. The van der Waals surface area contributed by atoms with Crippen LogP contribution in [0.3, 0.4) is 0 Å². The lowest BCUT2D eigenvalue weighted by Crippen LogP contribution is -2.53. The van der Waals surface area contributed by atoms with E-state index in [-0.39, 0.29) is 24.2 Å². The molecular formula is C20H26N2O2. The molecule has 0 bridgehead atoms. The second-order valence-corrected chi connectivity index (χ2v) is 6.82. The molecule has 0 aliphatic carbocycles. The van der Waals surface area contributed by atoms with E-state index in [1.165, 1.54) is 10.8 Å². The zero-order chi connectivity index (χ0) is 17.3. The summed E-state index contributed by atoms with van der Waals surface area (Å²) in [7, 11) is 1.99. The summed E-state index contributed by atoms with van der Waals surface area (Å²) in [4.78, 5) is 16.9. The summed E-state index contributed by atoms with van der Waals surface area (Å²) in [5, 5.41) is 2.40. The largest absolute Gasteiger partial charge is 0.372 e. The van der Waals surface area contributed by atoms with E-state index in [4.69, 9.17) is 4.74 Å². The van der Waals surface area contributed by atoms with Crippen LogP contribution in [0.25, 0.3) is 10.8 Å². The fourth-order valence-electron chi connectivity index (χ4n) is 3.41. The lowest BCUT2D eigenvalue weighted by Gasteiger charge is -2.38. The third-order valence-corrected chi connectivity index (χ3v) is 4.81. The number of nitrogens with zero attached hydrogens (tertiary/aromatic N) is 2. The Hall–Kier alpha value is -2.07. The topological polar surface area (TPSA) is 32.8 Å². The SMILES string of the molecule is CC1CN(C(=O)C(C)N(C)c2ccc3ccccc3c2)CC(C)O1. The maximum atomic E-state index is 12.9. The van der Waals surface area contributed by atoms with Gasteiger partial charge in [-0.3, -0.25) is 4.79 Å². The first-order valence-electron chi connectivity index (χ1n) is 8.61. The molecule has 3 rings (SSSR count). The third-order valence-electron chi connectivity index (χ3n) is 4.81. The molecule has 0 radical (unpaired) electrons. The standard InChI is InChI=1S/C20H26N2O2/c1-14-12-22(13-15(2)24-14)20(23)16(3)21(4)19-10-9-17-7-5-6-8-18(17)11-19/h5-11,14-16H,12-13H2,1-4H3.